The number of esters is 1. The summed E-state index contributed by atoms with van der Waals surface area (Å²) in [5.74, 6) is 2.36. The molecule has 2 saturated carbocycles. The van der Waals surface area contributed by atoms with Crippen molar-refractivity contribution in [3.8, 4) is 0 Å². The van der Waals surface area contributed by atoms with Gasteiger partial charge in [-0.2, -0.15) is 0 Å². The quantitative estimate of drug-likeness (QED) is 0.761. The smallest absolute Gasteiger partial charge is 0.338 e. The molecule has 2 aliphatic carbocycles. The van der Waals surface area contributed by atoms with Crippen LogP contribution in [0.2, 0.25) is 0 Å². The Kier molecular flexibility index (Phi) is 3.34. The summed E-state index contributed by atoms with van der Waals surface area (Å²) in [5.41, 5.74) is 2.08. The second kappa shape index (κ2) is 4.99. The van der Waals surface area contributed by atoms with Crippen LogP contribution in [0.5, 0.6) is 0 Å². The van der Waals surface area contributed by atoms with Gasteiger partial charge in [0.2, 0.25) is 0 Å². The monoisotopic (exact) mass is 258 g/mol. The van der Waals surface area contributed by atoms with Crippen molar-refractivity contribution in [2.75, 3.05) is 0 Å². The molecule has 2 bridgehead atoms. The summed E-state index contributed by atoms with van der Waals surface area (Å²) in [7, 11) is 0. The van der Waals surface area contributed by atoms with Crippen LogP contribution in [0, 0.1) is 11.8 Å². The van der Waals surface area contributed by atoms with E-state index >= 15 is 0 Å². The van der Waals surface area contributed by atoms with E-state index in [4.69, 9.17) is 4.74 Å². The van der Waals surface area contributed by atoms with E-state index in [9.17, 15) is 4.79 Å². The Labute approximate surface area is 115 Å². The zero-order valence-electron chi connectivity index (χ0n) is 11.8. The van der Waals surface area contributed by atoms with Gasteiger partial charge in [0.05, 0.1) is 11.7 Å². The van der Waals surface area contributed by atoms with Gasteiger partial charge in [-0.1, -0.05) is 18.6 Å². The lowest BCUT2D eigenvalue weighted by Crippen LogP contribution is -2.12. The largest absolute Gasteiger partial charge is 0.459 e. The second-order valence-corrected chi connectivity index (χ2v) is 6.36. The molecule has 0 aromatic heterocycles. The minimum atomic E-state index is -0.213. The predicted octanol–water partition coefficient (Wildman–Crippen LogP) is 4.16. The Morgan fingerprint density at radius 3 is 2.42 bits per heavy atom. The van der Waals surface area contributed by atoms with E-state index in [0.29, 0.717) is 5.56 Å². The van der Waals surface area contributed by atoms with Crippen molar-refractivity contribution < 1.29 is 9.53 Å². The minimum absolute atomic E-state index is 0.0576. The molecule has 2 fully saturated rings. The van der Waals surface area contributed by atoms with Crippen molar-refractivity contribution in [2.24, 2.45) is 11.8 Å². The van der Waals surface area contributed by atoms with E-state index in [-0.39, 0.29) is 12.1 Å². The lowest BCUT2D eigenvalue weighted by molar-refractivity contribution is 0.0378. The molecule has 102 valence electrons. The molecule has 0 heterocycles. The summed E-state index contributed by atoms with van der Waals surface area (Å²) in [5, 5.41) is 0. The lowest BCUT2D eigenvalue weighted by atomic mass is 9.83. The van der Waals surface area contributed by atoms with Crippen LogP contribution in [-0.2, 0) is 4.74 Å². The summed E-state index contributed by atoms with van der Waals surface area (Å²) in [6, 6.07) is 8.10. The molecule has 2 nitrogen and oxygen atoms in total. The molecule has 0 N–H and O–H groups in total. The van der Waals surface area contributed by atoms with Crippen molar-refractivity contribution in [1.82, 2.24) is 0 Å². The number of ether oxygens (including phenoxy) is 1. The fourth-order valence-electron chi connectivity index (χ4n) is 3.80. The Balaban J connectivity index is 1.71. The zero-order chi connectivity index (χ0) is 13.4. The van der Waals surface area contributed by atoms with E-state index in [0.717, 1.165) is 17.8 Å². The molecule has 0 radical (unpaired) electrons. The first-order valence-corrected chi connectivity index (χ1v) is 7.44. The lowest BCUT2D eigenvalue weighted by Gasteiger charge is -2.22. The first-order chi connectivity index (χ1) is 9.13. The number of rotatable bonds is 3. The van der Waals surface area contributed by atoms with Crippen LogP contribution in [0.4, 0.5) is 0 Å². The van der Waals surface area contributed by atoms with Crippen molar-refractivity contribution in [3.05, 3.63) is 35.4 Å². The number of hydrogen-bond acceptors (Lipinski definition) is 2. The van der Waals surface area contributed by atoms with Gasteiger partial charge in [0, 0.05) is 0 Å². The molecule has 2 aliphatic rings. The highest BCUT2D eigenvalue weighted by atomic mass is 16.5. The Morgan fingerprint density at radius 1 is 1.16 bits per heavy atom. The predicted molar refractivity (Wildman–Crippen MR) is 75.2 cm³/mol. The van der Waals surface area contributed by atoms with Gasteiger partial charge in [-0.25, -0.2) is 4.79 Å². The van der Waals surface area contributed by atoms with Gasteiger partial charge >= 0.3 is 5.97 Å². The first-order valence-electron chi connectivity index (χ1n) is 7.44. The van der Waals surface area contributed by atoms with E-state index < -0.39 is 0 Å². The van der Waals surface area contributed by atoms with Crippen molar-refractivity contribution in [2.45, 2.75) is 51.6 Å². The number of carbonyl (C=O) groups excluding carboxylic acids is 1. The molecule has 0 saturated heterocycles. The van der Waals surface area contributed by atoms with Crippen molar-refractivity contribution in [1.29, 1.82) is 0 Å². The molecular formula is C17H22O2. The summed E-state index contributed by atoms with van der Waals surface area (Å²) < 4.78 is 5.21. The zero-order valence-corrected chi connectivity index (χ0v) is 11.8. The molecule has 0 amide bonds. The minimum Gasteiger partial charge on any atom is -0.459 e. The SMILES string of the molecule is CC(C)OC(=O)c1ccc(C2CC3CCC2C3)cc1. The fraction of sp³-hybridized carbons (Fsp3) is 0.588. The third-order valence-electron chi connectivity index (χ3n) is 4.66. The van der Waals surface area contributed by atoms with E-state index in [2.05, 4.69) is 12.1 Å². The number of hydrogen-bond donors (Lipinski definition) is 0. The van der Waals surface area contributed by atoms with Gasteiger partial charge in [0.25, 0.3) is 0 Å². The van der Waals surface area contributed by atoms with E-state index in [1.54, 1.807) is 0 Å². The van der Waals surface area contributed by atoms with E-state index in [1.165, 1.54) is 31.2 Å². The Morgan fingerprint density at radius 2 is 1.89 bits per heavy atom. The summed E-state index contributed by atoms with van der Waals surface area (Å²) in [6.45, 7) is 3.75. The van der Waals surface area contributed by atoms with Crippen LogP contribution in [0.25, 0.3) is 0 Å². The van der Waals surface area contributed by atoms with Crippen LogP contribution in [0.3, 0.4) is 0 Å². The van der Waals surface area contributed by atoms with Gasteiger partial charge in [0.1, 0.15) is 0 Å². The van der Waals surface area contributed by atoms with Gasteiger partial charge < -0.3 is 4.74 Å². The van der Waals surface area contributed by atoms with Crippen molar-refractivity contribution >= 4 is 5.97 Å². The highest BCUT2D eigenvalue weighted by molar-refractivity contribution is 5.89. The maximum absolute atomic E-state index is 11.8. The highest BCUT2D eigenvalue weighted by Crippen LogP contribution is 2.52. The fourth-order valence-corrected chi connectivity index (χ4v) is 3.80. The van der Waals surface area contributed by atoms with Crippen LogP contribution in [0.1, 0.15) is 61.4 Å². The molecule has 19 heavy (non-hydrogen) atoms. The molecule has 1 aromatic rings. The molecule has 0 aliphatic heterocycles. The molecular weight excluding hydrogens is 236 g/mol. The standard InChI is InChI=1S/C17H22O2/c1-11(2)19-17(18)14-7-5-13(6-8-14)16-10-12-3-4-15(16)9-12/h5-8,11-12,15-16H,3-4,9-10H2,1-2H3. The van der Waals surface area contributed by atoms with Crippen LogP contribution >= 0.6 is 0 Å². The summed E-state index contributed by atoms with van der Waals surface area (Å²) >= 11 is 0. The second-order valence-electron chi connectivity index (χ2n) is 6.36. The Hall–Kier alpha value is -1.31. The summed E-state index contributed by atoms with van der Waals surface area (Å²) in [6.07, 6.45) is 5.53. The normalized spacial score (nSPS) is 28.9. The maximum atomic E-state index is 11.8. The Bertz CT molecular complexity index is 461. The number of carbonyl (C=O) groups is 1. The highest BCUT2D eigenvalue weighted by Gasteiger charge is 2.39. The molecule has 0 spiro atoms. The maximum Gasteiger partial charge on any atom is 0.338 e. The van der Waals surface area contributed by atoms with Gasteiger partial charge in [-0.15, -0.1) is 0 Å². The molecule has 3 rings (SSSR count). The third kappa shape index (κ3) is 2.54. The van der Waals surface area contributed by atoms with Gasteiger partial charge in [0.15, 0.2) is 0 Å². The van der Waals surface area contributed by atoms with Crippen LogP contribution < -0.4 is 0 Å². The molecule has 2 heteroatoms. The summed E-state index contributed by atoms with van der Waals surface area (Å²) in [4.78, 5) is 11.8. The van der Waals surface area contributed by atoms with Crippen molar-refractivity contribution in [3.63, 3.8) is 0 Å². The molecule has 3 unspecified atom stereocenters. The van der Waals surface area contributed by atoms with E-state index in [1.807, 2.05) is 26.0 Å². The molecule has 3 atom stereocenters. The van der Waals surface area contributed by atoms with Gasteiger partial charge in [-0.3, -0.25) is 0 Å². The average molecular weight is 258 g/mol. The number of fused-ring (bicyclic) bond motifs is 2. The third-order valence-corrected chi connectivity index (χ3v) is 4.66. The average Bonchev–Trinajstić information content (AvgIpc) is 3.00. The number of benzene rings is 1. The first kappa shape index (κ1) is 12.7. The topological polar surface area (TPSA) is 26.3 Å². The van der Waals surface area contributed by atoms with Gasteiger partial charge in [-0.05, 0) is 68.6 Å². The van der Waals surface area contributed by atoms with Crippen LogP contribution in [-0.4, -0.2) is 12.1 Å². The molecule has 1 aromatic carbocycles. The van der Waals surface area contributed by atoms with Crippen LogP contribution in [0.15, 0.2) is 24.3 Å².